The maximum Gasteiger partial charge on any atom is 0.303 e. The molecular weight excluding hydrogens is 220 g/mol. The average Bonchev–Trinajstić information content (AvgIpc) is 2.98. The first-order valence-corrected chi connectivity index (χ1v) is 6.05. The highest BCUT2D eigenvalue weighted by molar-refractivity contribution is 5.66. The quantitative estimate of drug-likeness (QED) is 0.807. The van der Waals surface area contributed by atoms with Crippen LogP contribution >= 0.6 is 0 Å². The van der Waals surface area contributed by atoms with Gasteiger partial charge in [0.25, 0.3) is 0 Å². The molecule has 0 aliphatic heterocycles. The highest BCUT2D eigenvalue weighted by Crippen LogP contribution is 2.41. The topological polar surface area (TPSA) is 80.9 Å². The predicted molar refractivity (Wildman–Crippen MR) is 60.4 cm³/mol. The molecule has 1 N–H and O–H groups in total. The zero-order valence-electron chi connectivity index (χ0n) is 10.2. The Morgan fingerprint density at radius 1 is 1.53 bits per heavy atom. The molecule has 1 saturated carbocycles. The van der Waals surface area contributed by atoms with E-state index in [2.05, 4.69) is 22.4 Å². The Hall–Kier alpha value is -1.46. The lowest BCUT2D eigenvalue weighted by molar-refractivity contribution is -0.138. The fraction of sp³-hybridized carbons (Fsp3) is 0.818. The average molecular weight is 238 g/mol. The van der Waals surface area contributed by atoms with Crippen molar-refractivity contribution in [2.24, 2.45) is 11.8 Å². The van der Waals surface area contributed by atoms with Crippen molar-refractivity contribution in [1.82, 2.24) is 20.2 Å². The second-order valence-corrected chi connectivity index (χ2v) is 5.05. The highest BCUT2D eigenvalue weighted by Gasteiger charge is 2.32. The van der Waals surface area contributed by atoms with Crippen LogP contribution in [0.2, 0.25) is 0 Å². The van der Waals surface area contributed by atoms with Crippen LogP contribution in [0.1, 0.15) is 44.9 Å². The third-order valence-electron chi connectivity index (χ3n) is 3.30. The molecule has 1 aliphatic carbocycles. The molecule has 0 aromatic carbocycles. The SMILES string of the molecule is CC(CC(=O)O)Cn1nnnc1C(C)C1CC1. The van der Waals surface area contributed by atoms with Gasteiger partial charge in [0.2, 0.25) is 0 Å². The molecule has 1 aromatic heterocycles. The molecule has 6 nitrogen and oxygen atoms in total. The highest BCUT2D eigenvalue weighted by atomic mass is 16.4. The van der Waals surface area contributed by atoms with Gasteiger partial charge in [0, 0.05) is 18.9 Å². The van der Waals surface area contributed by atoms with E-state index in [4.69, 9.17) is 5.11 Å². The number of aliphatic carboxylic acids is 1. The molecule has 2 unspecified atom stereocenters. The zero-order valence-corrected chi connectivity index (χ0v) is 10.2. The number of rotatable bonds is 6. The van der Waals surface area contributed by atoms with Crippen molar-refractivity contribution < 1.29 is 9.90 Å². The van der Waals surface area contributed by atoms with Crippen LogP contribution in [0.25, 0.3) is 0 Å². The normalized spacial score (nSPS) is 18.9. The van der Waals surface area contributed by atoms with E-state index in [0.29, 0.717) is 18.4 Å². The number of carbonyl (C=O) groups is 1. The molecule has 1 fully saturated rings. The Bertz CT molecular complexity index is 400. The van der Waals surface area contributed by atoms with Gasteiger partial charge in [-0.2, -0.15) is 0 Å². The minimum Gasteiger partial charge on any atom is -0.481 e. The first kappa shape index (κ1) is 12.0. The molecule has 1 aromatic rings. The molecule has 17 heavy (non-hydrogen) atoms. The number of nitrogens with zero attached hydrogens (tertiary/aromatic N) is 4. The third-order valence-corrected chi connectivity index (χ3v) is 3.30. The van der Waals surface area contributed by atoms with E-state index in [0.717, 1.165) is 5.82 Å². The van der Waals surface area contributed by atoms with Crippen LogP contribution in [0.4, 0.5) is 0 Å². The molecule has 0 amide bonds. The first-order valence-electron chi connectivity index (χ1n) is 6.05. The molecule has 2 rings (SSSR count). The number of tetrazole rings is 1. The van der Waals surface area contributed by atoms with E-state index < -0.39 is 5.97 Å². The number of carboxylic acids is 1. The number of aromatic nitrogens is 4. The van der Waals surface area contributed by atoms with Crippen molar-refractivity contribution in [2.75, 3.05) is 0 Å². The van der Waals surface area contributed by atoms with E-state index in [-0.39, 0.29) is 12.3 Å². The number of carboxylic acid groups (broad SMARTS) is 1. The summed E-state index contributed by atoms with van der Waals surface area (Å²) >= 11 is 0. The van der Waals surface area contributed by atoms with Gasteiger partial charge >= 0.3 is 5.97 Å². The second-order valence-electron chi connectivity index (χ2n) is 5.05. The molecule has 1 aliphatic rings. The fourth-order valence-corrected chi connectivity index (χ4v) is 2.13. The Morgan fingerprint density at radius 3 is 2.82 bits per heavy atom. The van der Waals surface area contributed by atoms with Gasteiger partial charge in [-0.3, -0.25) is 4.79 Å². The Kier molecular flexibility index (Phi) is 3.40. The van der Waals surface area contributed by atoms with Crippen LogP contribution in [0.5, 0.6) is 0 Å². The molecule has 0 radical (unpaired) electrons. The van der Waals surface area contributed by atoms with Gasteiger partial charge in [-0.1, -0.05) is 13.8 Å². The van der Waals surface area contributed by atoms with Crippen LogP contribution < -0.4 is 0 Å². The molecular formula is C11H18N4O2. The van der Waals surface area contributed by atoms with Crippen molar-refractivity contribution in [3.63, 3.8) is 0 Å². The van der Waals surface area contributed by atoms with E-state index >= 15 is 0 Å². The summed E-state index contributed by atoms with van der Waals surface area (Å²) in [7, 11) is 0. The van der Waals surface area contributed by atoms with Gasteiger partial charge in [-0.05, 0) is 35.1 Å². The molecule has 0 bridgehead atoms. The Balaban J connectivity index is 2.00. The molecule has 0 spiro atoms. The second kappa shape index (κ2) is 4.81. The Labute approximate surface area is 100 Å². The summed E-state index contributed by atoms with van der Waals surface area (Å²) in [6, 6.07) is 0. The predicted octanol–water partition coefficient (Wildman–Crippen LogP) is 1.30. The van der Waals surface area contributed by atoms with Crippen LogP contribution in [0.3, 0.4) is 0 Å². The molecule has 1 heterocycles. The summed E-state index contributed by atoms with van der Waals surface area (Å²) < 4.78 is 1.76. The molecule has 6 heteroatoms. The van der Waals surface area contributed by atoms with Gasteiger partial charge in [0.15, 0.2) is 5.82 Å². The summed E-state index contributed by atoms with van der Waals surface area (Å²) in [6.07, 6.45) is 2.65. The zero-order chi connectivity index (χ0) is 12.4. The lowest BCUT2D eigenvalue weighted by Gasteiger charge is -2.13. The lowest BCUT2D eigenvalue weighted by Crippen LogP contribution is -2.17. The van der Waals surface area contributed by atoms with Gasteiger partial charge in [-0.15, -0.1) is 5.10 Å². The van der Waals surface area contributed by atoms with Crippen molar-refractivity contribution >= 4 is 5.97 Å². The summed E-state index contributed by atoms with van der Waals surface area (Å²) in [6.45, 7) is 4.62. The van der Waals surface area contributed by atoms with E-state index in [1.54, 1.807) is 4.68 Å². The summed E-state index contributed by atoms with van der Waals surface area (Å²) in [5.74, 6) is 1.24. The van der Waals surface area contributed by atoms with Gasteiger partial charge < -0.3 is 5.11 Å². The van der Waals surface area contributed by atoms with Crippen molar-refractivity contribution in [3.05, 3.63) is 5.82 Å². The Morgan fingerprint density at radius 2 is 2.24 bits per heavy atom. The lowest BCUT2D eigenvalue weighted by atomic mass is 10.0. The van der Waals surface area contributed by atoms with E-state index in [9.17, 15) is 4.79 Å². The first-order chi connectivity index (χ1) is 8.08. The summed E-state index contributed by atoms with van der Waals surface area (Å²) in [4.78, 5) is 10.6. The fourth-order valence-electron chi connectivity index (χ4n) is 2.13. The van der Waals surface area contributed by atoms with Crippen LogP contribution in [-0.2, 0) is 11.3 Å². The number of hydrogen-bond donors (Lipinski definition) is 1. The largest absolute Gasteiger partial charge is 0.481 e. The maximum atomic E-state index is 10.6. The van der Waals surface area contributed by atoms with Gasteiger partial charge in [0.1, 0.15) is 0 Å². The van der Waals surface area contributed by atoms with Crippen LogP contribution in [0, 0.1) is 11.8 Å². The molecule has 0 saturated heterocycles. The maximum absolute atomic E-state index is 10.6. The summed E-state index contributed by atoms with van der Waals surface area (Å²) in [5.41, 5.74) is 0. The van der Waals surface area contributed by atoms with Crippen molar-refractivity contribution in [3.8, 4) is 0 Å². The smallest absolute Gasteiger partial charge is 0.303 e. The minimum absolute atomic E-state index is 0.0427. The molecule has 94 valence electrons. The van der Waals surface area contributed by atoms with Crippen molar-refractivity contribution in [1.29, 1.82) is 0 Å². The minimum atomic E-state index is -0.776. The van der Waals surface area contributed by atoms with E-state index in [1.807, 2.05) is 6.92 Å². The van der Waals surface area contributed by atoms with E-state index in [1.165, 1.54) is 12.8 Å². The summed E-state index contributed by atoms with van der Waals surface area (Å²) in [5, 5.41) is 20.5. The van der Waals surface area contributed by atoms with Crippen LogP contribution in [-0.4, -0.2) is 31.3 Å². The monoisotopic (exact) mass is 238 g/mol. The number of hydrogen-bond acceptors (Lipinski definition) is 4. The third kappa shape index (κ3) is 3.01. The van der Waals surface area contributed by atoms with Crippen molar-refractivity contribution in [2.45, 2.75) is 45.6 Å². The van der Waals surface area contributed by atoms with Gasteiger partial charge in [0.05, 0.1) is 0 Å². The molecule has 2 atom stereocenters. The van der Waals surface area contributed by atoms with Gasteiger partial charge in [-0.25, -0.2) is 4.68 Å². The standard InChI is InChI=1S/C11H18N4O2/c1-7(5-10(16)17)6-15-11(12-13-14-15)8(2)9-3-4-9/h7-9H,3-6H2,1-2H3,(H,16,17). The van der Waals surface area contributed by atoms with Crippen LogP contribution in [0.15, 0.2) is 0 Å².